The minimum Gasteiger partial charge on any atom is -0.497 e. The molecular formula is C21H16N6OS2. The minimum absolute atomic E-state index is 0.716. The first-order valence-electron chi connectivity index (χ1n) is 9.10. The zero-order valence-electron chi connectivity index (χ0n) is 16.2. The van der Waals surface area contributed by atoms with Gasteiger partial charge in [0.25, 0.3) is 0 Å². The van der Waals surface area contributed by atoms with Crippen molar-refractivity contribution in [3.05, 3.63) is 61.1 Å². The Morgan fingerprint density at radius 3 is 2.63 bits per heavy atom. The minimum atomic E-state index is 0.716. The van der Waals surface area contributed by atoms with Crippen LogP contribution in [0.25, 0.3) is 32.2 Å². The quantitative estimate of drug-likeness (QED) is 0.372. The second-order valence-corrected chi connectivity index (χ2v) is 8.42. The van der Waals surface area contributed by atoms with Crippen LogP contribution in [0.3, 0.4) is 0 Å². The van der Waals surface area contributed by atoms with E-state index in [-0.39, 0.29) is 0 Å². The van der Waals surface area contributed by atoms with E-state index in [4.69, 9.17) is 4.74 Å². The lowest BCUT2D eigenvalue weighted by Crippen LogP contribution is -1.96. The van der Waals surface area contributed by atoms with Crippen LogP contribution in [0.1, 0.15) is 0 Å². The van der Waals surface area contributed by atoms with E-state index in [2.05, 4.69) is 31.2 Å². The van der Waals surface area contributed by atoms with E-state index in [1.165, 1.54) is 11.8 Å². The SMILES string of the molecule is COc1ccc(-c2cc3ncnc(Sc4nnc(-c5ccccn5)n4C)c3s2)cc1. The summed E-state index contributed by atoms with van der Waals surface area (Å²) in [5.41, 5.74) is 2.81. The van der Waals surface area contributed by atoms with Crippen LogP contribution in [0.2, 0.25) is 0 Å². The summed E-state index contributed by atoms with van der Waals surface area (Å²) in [6.45, 7) is 0. The predicted octanol–water partition coefficient (Wildman–Crippen LogP) is 4.71. The summed E-state index contributed by atoms with van der Waals surface area (Å²) in [4.78, 5) is 14.4. The molecule has 0 aliphatic rings. The van der Waals surface area contributed by atoms with E-state index in [1.54, 1.807) is 31.0 Å². The van der Waals surface area contributed by atoms with Crippen molar-refractivity contribution in [2.45, 2.75) is 10.2 Å². The third-order valence-electron chi connectivity index (χ3n) is 4.57. The Morgan fingerprint density at radius 1 is 1.00 bits per heavy atom. The van der Waals surface area contributed by atoms with Gasteiger partial charge in [0, 0.05) is 18.1 Å². The van der Waals surface area contributed by atoms with E-state index in [1.807, 2.05) is 54.1 Å². The Bertz CT molecular complexity index is 1310. The summed E-state index contributed by atoms with van der Waals surface area (Å²) < 4.78 is 8.21. The summed E-state index contributed by atoms with van der Waals surface area (Å²) in [6.07, 6.45) is 3.34. The van der Waals surface area contributed by atoms with Crippen molar-refractivity contribution in [2.75, 3.05) is 7.11 Å². The van der Waals surface area contributed by atoms with Crippen LogP contribution in [0.4, 0.5) is 0 Å². The molecule has 5 aromatic rings. The highest BCUT2D eigenvalue weighted by Crippen LogP contribution is 2.39. The van der Waals surface area contributed by atoms with Gasteiger partial charge >= 0.3 is 0 Å². The number of rotatable bonds is 5. The zero-order valence-corrected chi connectivity index (χ0v) is 17.8. The summed E-state index contributed by atoms with van der Waals surface area (Å²) in [5, 5.41) is 10.3. The normalized spacial score (nSPS) is 11.1. The molecule has 4 heterocycles. The molecule has 0 aliphatic heterocycles. The van der Waals surface area contributed by atoms with Crippen molar-refractivity contribution in [2.24, 2.45) is 7.05 Å². The average Bonchev–Trinajstić information content (AvgIpc) is 3.39. The summed E-state index contributed by atoms with van der Waals surface area (Å²) in [6, 6.07) is 15.8. The topological polar surface area (TPSA) is 78.6 Å². The molecule has 0 saturated carbocycles. The van der Waals surface area contributed by atoms with Crippen molar-refractivity contribution in [3.63, 3.8) is 0 Å². The molecule has 0 amide bonds. The number of hydrogen-bond acceptors (Lipinski definition) is 8. The summed E-state index contributed by atoms with van der Waals surface area (Å²) >= 11 is 3.14. The number of thiophene rings is 1. The molecule has 5 rings (SSSR count). The number of nitrogens with zero attached hydrogens (tertiary/aromatic N) is 6. The molecule has 0 radical (unpaired) electrons. The van der Waals surface area contributed by atoms with Gasteiger partial charge in [0.2, 0.25) is 0 Å². The molecule has 148 valence electrons. The van der Waals surface area contributed by atoms with Gasteiger partial charge in [-0.25, -0.2) is 9.97 Å². The molecule has 7 nitrogen and oxygen atoms in total. The molecule has 0 atom stereocenters. The molecular weight excluding hydrogens is 416 g/mol. The van der Waals surface area contributed by atoms with Gasteiger partial charge in [-0.2, -0.15) is 0 Å². The third kappa shape index (κ3) is 3.42. The van der Waals surface area contributed by atoms with Crippen LogP contribution < -0.4 is 4.74 Å². The summed E-state index contributed by atoms with van der Waals surface area (Å²) in [5.74, 6) is 1.55. The second kappa shape index (κ2) is 7.85. The van der Waals surface area contributed by atoms with Crippen LogP contribution in [0.5, 0.6) is 5.75 Å². The molecule has 1 aromatic carbocycles. The Kier molecular flexibility index (Phi) is 4.89. The zero-order chi connectivity index (χ0) is 20.5. The lowest BCUT2D eigenvalue weighted by molar-refractivity contribution is 0.415. The van der Waals surface area contributed by atoms with E-state index >= 15 is 0 Å². The van der Waals surface area contributed by atoms with Crippen LogP contribution in [-0.4, -0.2) is 36.8 Å². The van der Waals surface area contributed by atoms with Crippen LogP contribution >= 0.6 is 23.1 Å². The molecule has 0 saturated heterocycles. The third-order valence-corrected chi connectivity index (χ3v) is 6.92. The first-order valence-corrected chi connectivity index (χ1v) is 10.7. The number of benzene rings is 1. The molecule has 0 spiro atoms. The smallest absolute Gasteiger partial charge is 0.197 e. The van der Waals surface area contributed by atoms with Crippen LogP contribution in [-0.2, 0) is 7.05 Å². The first kappa shape index (κ1) is 18.7. The maximum absolute atomic E-state index is 5.25. The van der Waals surface area contributed by atoms with Crippen LogP contribution in [0.15, 0.2) is 71.2 Å². The van der Waals surface area contributed by atoms with Crippen molar-refractivity contribution >= 4 is 33.3 Å². The van der Waals surface area contributed by atoms with E-state index in [0.29, 0.717) is 5.82 Å². The maximum atomic E-state index is 5.25. The highest BCUT2D eigenvalue weighted by Gasteiger charge is 2.17. The van der Waals surface area contributed by atoms with Gasteiger partial charge < -0.3 is 9.30 Å². The highest BCUT2D eigenvalue weighted by molar-refractivity contribution is 7.99. The van der Waals surface area contributed by atoms with Crippen molar-refractivity contribution in [3.8, 4) is 27.7 Å². The molecule has 0 bridgehead atoms. The number of methoxy groups -OCH3 is 1. The van der Waals surface area contributed by atoms with Gasteiger partial charge in [-0.1, -0.05) is 6.07 Å². The average molecular weight is 433 g/mol. The fraction of sp³-hybridized carbons (Fsp3) is 0.0952. The Morgan fingerprint density at radius 2 is 1.87 bits per heavy atom. The Labute approximate surface area is 180 Å². The molecule has 4 aromatic heterocycles. The number of aromatic nitrogens is 6. The number of ether oxygens (including phenoxy) is 1. The second-order valence-electron chi connectivity index (χ2n) is 6.41. The Balaban J connectivity index is 1.49. The number of fused-ring (bicyclic) bond motifs is 1. The fourth-order valence-electron chi connectivity index (χ4n) is 3.01. The predicted molar refractivity (Wildman–Crippen MR) is 118 cm³/mol. The largest absolute Gasteiger partial charge is 0.497 e. The van der Waals surface area contributed by atoms with Gasteiger partial charge in [-0.05, 0) is 59.8 Å². The molecule has 0 unspecified atom stereocenters. The number of pyridine rings is 1. The van der Waals surface area contributed by atoms with Gasteiger partial charge in [-0.15, -0.1) is 21.5 Å². The lowest BCUT2D eigenvalue weighted by Gasteiger charge is -2.03. The molecule has 0 N–H and O–H groups in total. The van der Waals surface area contributed by atoms with Gasteiger partial charge in [0.05, 0.1) is 17.3 Å². The number of hydrogen-bond donors (Lipinski definition) is 0. The lowest BCUT2D eigenvalue weighted by atomic mass is 10.2. The molecule has 30 heavy (non-hydrogen) atoms. The standard InChI is InChI=1S/C21H16N6OS2/c1-27-19(15-5-3-4-10-22-15)25-26-21(27)30-20-18-16(23-12-24-20)11-17(29-18)13-6-8-14(28-2)9-7-13/h3-12H,1-2H3. The Hall–Kier alpha value is -3.30. The molecule has 9 heteroatoms. The summed E-state index contributed by atoms with van der Waals surface area (Å²) in [7, 11) is 3.60. The highest BCUT2D eigenvalue weighted by atomic mass is 32.2. The van der Waals surface area contributed by atoms with E-state index in [9.17, 15) is 0 Å². The monoisotopic (exact) mass is 432 g/mol. The van der Waals surface area contributed by atoms with E-state index in [0.717, 1.165) is 42.3 Å². The maximum Gasteiger partial charge on any atom is 0.197 e. The van der Waals surface area contributed by atoms with Crippen molar-refractivity contribution < 1.29 is 4.74 Å². The van der Waals surface area contributed by atoms with Crippen LogP contribution in [0, 0.1) is 0 Å². The fourth-order valence-corrected chi connectivity index (χ4v) is 5.04. The van der Waals surface area contributed by atoms with E-state index < -0.39 is 0 Å². The van der Waals surface area contributed by atoms with Gasteiger partial charge in [-0.3, -0.25) is 4.98 Å². The molecule has 0 fully saturated rings. The molecule has 0 aliphatic carbocycles. The van der Waals surface area contributed by atoms with Gasteiger partial charge in [0.1, 0.15) is 22.8 Å². The van der Waals surface area contributed by atoms with Crippen molar-refractivity contribution in [1.29, 1.82) is 0 Å². The van der Waals surface area contributed by atoms with Gasteiger partial charge in [0.15, 0.2) is 11.0 Å². The first-order chi connectivity index (χ1) is 14.7. The van der Waals surface area contributed by atoms with Crippen molar-refractivity contribution in [1.82, 2.24) is 29.7 Å².